The fraction of sp³-hybridized carbons (Fsp3) is 0.700. The highest BCUT2D eigenvalue weighted by atomic mass is 28.3. The third-order valence-electron chi connectivity index (χ3n) is 2.65. The standard InChI is InChI=1S/C10H17N3O2Si/c1-16(2,3)8(9(12)14)10(15)13(6-11)7-4-5-7/h7-8H,4-5H2,1-3H3,(H2,12,14)/t8-/m1/s1. The Morgan fingerprint density at radius 1 is 1.44 bits per heavy atom. The van der Waals surface area contributed by atoms with Gasteiger partial charge in [-0.3, -0.25) is 9.59 Å². The normalized spacial score (nSPS) is 17.4. The molecular weight excluding hydrogens is 222 g/mol. The van der Waals surface area contributed by atoms with Gasteiger partial charge in [-0.15, -0.1) is 0 Å². The van der Waals surface area contributed by atoms with Crippen LogP contribution in [0.1, 0.15) is 12.8 Å². The van der Waals surface area contributed by atoms with Crippen LogP contribution in [-0.2, 0) is 9.59 Å². The first-order valence-electron chi connectivity index (χ1n) is 5.31. The van der Waals surface area contributed by atoms with Gasteiger partial charge in [0.2, 0.25) is 11.8 Å². The number of hydrogen-bond donors (Lipinski definition) is 1. The lowest BCUT2D eigenvalue weighted by Crippen LogP contribution is -2.47. The van der Waals surface area contributed by atoms with Gasteiger partial charge in [0.1, 0.15) is 5.54 Å². The molecule has 0 bridgehead atoms. The van der Waals surface area contributed by atoms with Crippen LogP contribution >= 0.6 is 0 Å². The van der Waals surface area contributed by atoms with Crippen LogP contribution in [0.3, 0.4) is 0 Å². The van der Waals surface area contributed by atoms with Crippen LogP contribution in [0.15, 0.2) is 0 Å². The van der Waals surface area contributed by atoms with Gasteiger partial charge in [0.05, 0.1) is 8.07 Å². The topological polar surface area (TPSA) is 87.2 Å². The number of hydrogen-bond acceptors (Lipinski definition) is 3. The molecule has 1 rings (SSSR count). The fourth-order valence-corrected chi connectivity index (χ4v) is 3.44. The first-order chi connectivity index (χ1) is 7.29. The fourth-order valence-electron chi connectivity index (χ4n) is 1.70. The minimum Gasteiger partial charge on any atom is -0.369 e. The maximum atomic E-state index is 12.1. The molecule has 1 aliphatic rings. The van der Waals surface area contributed by atoms with Crippen LogP contribution in [0.4, 0.5) is 0 Å². The Morgan fingerprint density at radius 2 is 1.94 bits per heavy atom. The number of nitrogens with zero attached hydrogens (tertiary/aromatic N) is 2. The number of rotatable bonds is 4. The second-order valence-corrected chi connectivity index (χ2v) is 10.6. The van der Waals surface area contributed by atoms with E-state index in [9.17, 15) is 9.59 Å². The Morgan fingerprint density at radius 3 is 2.19 bits per heavy atom. The van der Waals surface area contributed by atoms with Crippen molar-refractivity contribution >= 4 is 19.9 Å². The van der Waals surface area contributed by atoms with E-state index < -0.39 is 25.4 Å². The van der Waals surface area contributed by atoms with Crippen LogP contribution in [0.5, 0.6) is 0 Å². The molecule has 0 aromatic heterocycles. The summed E-state index contributed by atoms with van der Waals surface area (Å²) in [5, 5.41) is 8.92. The van der Waals surface area contributed by atoms with E-state index in [2.05, 4.69) is 0 Å². The van der Waals surface area contributed by atoms with Gasteiger partial charge in [0.25, 0.3) is 0 Å². The smallest absolute Gasteiger partial charge is 0.245 e. The van der Waals surface area contributed by atoms with Crippen molar-refractivity contribution in [3.05, 3.63) is 0 Å². The van der Waals surface area contributed by atoms with Crippen LogP contribution < -0.4 is 5.73 Å². The summed E-state index contributed by atoms with van der Waals surface area (Å²) < 4.78 is 0. The summed E-state index contributed by atoms with van der Waals surface area (Å²) in [6, 6.07) is -0.00398. The molecule has 1 atom stereocenters. The average Bonchev–Trinajstić information content (AvgIpc) is 2.85. The Hall–Kier alpha value is -1.35. The lowest BCUT2D eigenvalue weighted by Gasteiger charge is -2.27. The molecule has 16 heavy (non-hydrogen) atoms. The molecule has 6 heteroatoms. The van der Waals surface area contributed by atoms with Gasteiger partial charge in [-0.1, -0.05) is 19.6 Å². The van der Waals surface area contributed by atoms with Crippen molar-refractivity contribution in [3.63, 3.8) is 0 Å². The third kappa shape index (κ3) is 2.61. The molecule has 5 nitrogen and oxygen atoms in total. The van der Waals surface area contributed by atoms with Crippen molar-refractivity contribution in [2.24, 2.45) is 5.73 Å². The number of amides is 2. The first-order valence-corrected chi connectivity index (χ1v) is 8.89. The zero-order valence-corrected chi connectivity index (χ0v) is 10.9. The molecule has 1 fully saturated rings. The Bertz CT molecular complexity index is 352. The maximum absolute atomic E-state index is 12.1. The highest BCUT2D eigenvalue weighted by molar-refractivity contribution is 6.83. The van der Waals surface area contributed by atoms with E-state index in [1.165, 1.54) is 0 Å². The molecule has 0 aliphatic heterocycles. The highest BCUT2D eigenvalue weighted by Gasteiger charge is 2.44. The van der Waals surface area contributed by atoms with E-state index in [1.54, 1.807) is 0 Å². The second-order valence-electron chi connectivity index (χ2n) is 5.24. The van der Waals surface area contributed by atoms with Crippen molar-refractivity contribution < 1.29 is 9.59 Å². The number of nitriles is 1. The summed E-state index contributed by atoms with van der Waals surface area (Å²) >= 11 is 0. The summed E-state index contributed by atoms with van der Waals surface area (Å²) in [6.45, 7) is 5.72. The Labute approximate surface area is 96.2 Å². The van der Waals surface area contributed by atoms with Crippen LogP contribution in [0.25, 0.3) is 0 Å². The van der Waals surface area contributed by atoms with Gasteiger partial charge in [0.15, 0.2) is 6.19 Å². The van der Waals surface area contributed by atoms with E-state index in [0.717, 1.165) is 17.7 Å². The molecule has 2 N–H and O–H groups in total. The molecule has 2 amide bonds. The van der Waals surface area contributed by atoms with Gasteiger partial charge in [-0.25, -0.2) is 4.90 Å². The molecule has 0 heterocycles. The zero-order valence-electron chi connectivity index (χ0n) is 9.86. The third-order valence-corrected chi connectivity index (χ3v) is 4.92. The summed E-state index contributed by atoms with van der Waals surface area (Å²) in [6.07, 6.45) is 3.56. The summed E-state index contributed by atoms with van der Waals surface area (Å²) in [4.78, 5) is 24.6. The maximum Gasteiger partial charge on any atom is 0.245 e. The molecular formula is C10H17N3O2Si. The van der Waals surface area contributed by atoms with E-state index in [0.29, 0.717) is 0 Å². The van der Waals surface area contributed by atoms with E-state index in [1.807, 2.05) is 25.8 Å². The lowest BCUT2D eigenvalue weighted by atomic mass is 10.3. The predicted molar refractivity (Wildman–Crippen MR) is 61.8 cm³/mol. The van der Waals surface area contributed by atoms with Gasteiger partial charge in [-0.05, 0) is 12.8 Å². The molecule has 1 aliphatic carbocycles. The van der Waals surface area contributed by atoms with Crippen molar-refractivity contribution in [1.29, 1.82) is 5.26 Å². The zero-order chi connectivity index (χ0) is 12.5. The molecule has 88 valence electrons. The van der Waals surface area contributed by atoms with Crippen molar-refractivity contribution in [2.75, 3.05) is 0 Å². The van der Waals surface area contributed by atoms with Crippen molar-refractivity contribution in [2.45, 2.75) is 44.1 Å². The predicted octanol–water partition coefficient (Wildman–Crippen LogP) is 0.652. The van der Waals surface area contributed by atoms with Gasteiger partial charge >= 0.3 is 0 Å². The van der Waals surface area contributed by atoms with Gasteiger partial charge in [-0.2, -0.15) is 5.26 Å². The van der Waals surface area contributed by atoms with E-state index >= 15 is 0 Å². The summed E-state index contributed by atoms with van der Waals surface area (Å²) in [5.41, 5.74) is 4.48. The molecule has 1 saturated carbocycles. The number of carbonyl (C=O) groups is 2. The minimum atomic E-state index is -2.03. The van der Waals surface area contributed by atoms with Crippen molar-refractivity contribution in [1.82, 2.24) is 4.90 Å². The monoisotopic (exact) mass is 239 g/mol. The molecule has 0 radical (unpaired) electrons. The van der Waals surface area contributed by atoms with Crippen molar-refractivity contribution in [3.8, 4) is 6.19 Å². The number of primary amides is 1. The number of carbonyl (C=O) groups excluding carboxylic acids is 2. The molecule has 0 aromatic rings. The summed E-state index contributed by atoms with van der Waals surface area (Å²) in [5.74, 6) is -1.01. The minimum absolute atomic E-state index is 0.00398. The van der Waals surface area contributed by atoms with Gasteiger partial charge in [0, 0.05) is 6.04 Å². The Balaban J connectivity index is 2.91. The van der Waals surface area contributed by atoms with Crippen LogP contribution in [0, 0.1) is 11.5 Å². The van der Waals surface area contributed by atoms with E-state index in [4.69, 9.17) is 11.0 Å². The second kappa shape index (κ2) is 4.26. The average molecular weight is 239 g/mol. The number of nitrogens with two attached hydrogens (primary N) is 1. The largest absolute Gasteiger partial charge is 0.369 e. The van der Waals surface area contributed by atoms with Crippen LogP contribution in [-0.4, -0.2) is 30.8 Å². The quantitative estimate of drug-likeness (QED) is 0.338. The Kier molecular flexibility index (Phi) is 3.38. The molecule has 0 unspecified atom stereocenters. The molecule has 0 spiro atoms. The molecule has 0 aromatic carbocycles. The van der Waals surface area contributed by atoms with E-state index in [-0.39, 0.29) is 6.04 Å². The van der Waals surface area contributed by atoms with Crippen LogP contribution in [0.2, 0.25) is 25.2 Å². The first kappa shape index (κ1) is 12.7. The van der Waals surface area contributed by atoms with Gasteiger partial charge < -0.3 is 5.73 Å². The highest BCUT2D eigenvalue weighted by Crippen LogP contribution is 2.31. The lowest BCUT2D eigenvalue weighted by molar-refractivity contribution is -0.133. The molecule has 0 saturated heterocycles. The SMILES string of the molecule is C[Si](C)(C)[C@H](C(N)=O)C(=O)N(C#N)C1CC1. The summed E-state index contributed by atoms with van der Waals surface area (Å²) in [7, 11) is -2.03.